The number of oxime groups is 1. The summed E-state index contributed by atoms with van der Waals surface area (Å²) in [5.74, 6) is 5.11. The largest absolute Gasteiger partial charge is 0.411 e. The van der Waals surface area contributed by atoms with Gasteiger partial charge in [0.15, 0.2) is 0 Å². The Labute approximate surface area is 166 Å². The normalized spacial score (nSPS) is 58.9. The number of hydrogen-bond acceptors (Lipinski definition) is 2. The van der Waals surface area contributed by atoms with Gasteiger partial charge >= 0.3 is 0 Å². The zero-order valence-corrected chi connectivity index (χ0v) is 18.1. The van der Waals surface area contributed by atoms with E-state index in [9.17, 15) is 5.21 Å². The van der Waals surface area contributed by atoms with Gasteiger partial charge in [-0.3, -0.25) is 0 Å². The van der Waals surface area contributed by atoms with Crippen molar-refractivity contribution in [3.63, 3.8) is 0 Å². The zero-order valence-electron chi connectivity index (χ0n) is 18.1. The Kier molecular flexibility index (Phi) is 4.10. The van der Waals surface area contributed by atoms with Crippen LogP contribution in [0.3, 0.4) is 0 Å². The molecule has 5 rings (SSSR count). The van der Waals surface area contributed by atoms with Crippen molar-refractivity contribution < 1.29 is 5.21 Å². The maximum absolute atomic E-state index is 9.47. The molecule has 0 amide bonds. The number of fused-ring (bicyclic) bond motifs is 7. The van der Waals surface area contributed by atoms with Crippen LogP contribution in [-0.2, 0) is 0 Å². The van der Waals surface area contributed by atoms with Crippen molar-refractivity contribution >= 4 is 5.71 Å². The van der Waals surface area contributed by atoms with Crippen molar-refractivity contribution in [2.75, 3.05) is 0 Å². The Hall–Kier alpha value is -0.530. The lowest BCUT2D eigenvalue weighted by atomic mass is 9.38. The Morgan fingerprint density at radius 3 is 2.33 bits per heavy atom. The van der Waals surface area contributed by atoms with E-state index in [0.717, 1.165) is 41.7 Å². The van der Waals surface area contributed by atoms with Gasteiger partial charge in [-0.15, -0.1) is 0 Å². The molecule has 0 aromatic rings. The van der Waals surface area contributed by atoms with Gasteiger partial charge in [0.2, 0.25) is 0 Å². The highest BCUT2D eigenvalue weighted by Gasteiger charge is 2.63. The van der Waals surface area contributed by atoms with Crippen LogP contribution in [0, 0.1) is 51.8 Å². The van der Waals surface area contributed by atoms with Crippen LogP contribution in [0.2, 0.25) is 0 Å². The molecule has 0 bridgehead atoms. The van der Waals surface area contributed by atoms with Crippen molar-refractivity contribution in [1.29, 1.82) is 0 Å². The van der Waals surface area contributed by atoms with Crippen molar-refractivity contribution in [2.45, 2.75) is 98.3 Å². The molecule has 1 N–H and O–H groups in total. The first kappa shape index (κ1) is 18.5. The Balaban J connectivity index is 1.47. The van der Waals surface area contributed by atoms with E-state index >= 15 is 0 Å². The lowest BCUT2D eigenvalue weighted by molar-refractivity contribution is -0.172. The minimum absolute atomic E-state index is 0.460. The van der Waals surface area contributed by atoms with Crippen molar-refractivity contribution in [1.82, 2.24) is 0 Å². The highest BCUT2D eigenvalue weighted by molar-refractivity contribution is 5.87. The van der Waals surface area contributed by atoms with Crippen LogP contribution in [0.25, 0.3) is 0 Å². The second kappa shape index (κ2) is 5.99. The summed E-state index contributed by atoms with van der Waals surface area (Å²) >= 11 is 0. The van der Waals surface area contributed by atoms with Crippen LogP contribution in [0.15, 0.2) is 5.16 Å². The first-order valence-corrected chi connectivity index (χ1v) is 12.0. The highest BCUT2D eigenvalue weighted by atomic mass is 16.4. The van der Waals surface area contributed by atoms with Crippen molar-refractivity contribution in [3.8, 4) is 0 Å². The predicted molar refractivity (Wildman–Crippen MR) is 111 cm³/mol. The fourth-order valence-corrected chi connectivity index (χ4v) is 10.1. The third-order valence-corrected chi connectivity index (χ3v) is 11.5. The smallest absolute Gasteiger partial charge is 0.0602 e. The molecule has 0 aliphatic heterocycles. The third-order valence-electron chi connectivity index (χ3n) is 11.5. The highest BCUT2D eigenvalue weighted by Crippen LogP contribution is 2.71. The summed E-state index contributed by atoms with van der Waals surface area (Å²) in [6, 6.07) is 0. The molecule has 0 saturated heterocycles. The van der Waals surface area contributed by atoms with E-state index in [0.29, 0.717) is 22.2 Å². The Bertz CT molecular complexity index is 642. The molecule has 0 spiro atoms. The molecule has 9 unspecified atom stereocenters. The first-order chi connectivity index (χ1) is 12.8. The van der Waals surface area contributed by atoms with E-state index < -0.39 is 0 Å². The molecule has 0 aromatic carbocycles. The SMILES string of the molecule is CC1/C(=N/O)CCC2(C)C1CCC1(C)C3CCC4(C)CCCC4C3CCC21. The molecule has 0 aromatic heterocycles. The Morgan fingerprint density at radius 1 is 0.815 bits per heavy atom. The van der Waals surface area contributed by atoms with Crippen LogP contribution in [-0.4, -0.2) is 10.9 Å². The van der Waals surface area contributed by atoms with Gasteiger partial charge in [0, 0.05) is 5.92 Å². The standard InChI is InChI=1S/C25H41NO/c1-16-18-10-14-25(4)20-9-13-23(2)12-5-6-19(23)17(20)7-8-22(25)24(18,3)15-11-21(16)26-27/h16-20,22,27H,5-15H2,1-4H3/b26-21+. The lowest BCUT2D eigenvalue weighted by Gasteiger charge is -2.67. The van der Waals surface area contributed by atoms with Gasteiger partial charge in [-0.05, 0) is 110 Å². The number of nitrogens with zero attached hydrogens (tertiary/aromatic N) is 1. The molecule has 9 atom stereocenters. The molecular formula is C25H41NO. The van der Waals surface area contributed by atoms with Gasteiger partial charge in [0.25, 0.3) is 0 Å². The topological polar surface area (TPSA) is 32.6 Å². The van der Waals surface area contributed by atoms with Gasteiger partial charge in [0.05, 0.1) is 5.71 Å². The summed E-state index contributed by atoms with van der Waals surface area (Å²) in [7, 11) is 0. The van der Waals surface area contributed by atoms with E-state index in [1.165, 1.54) is 64.2 Å². The molecular weight excluding hydrogens is 330 g/mol. The van der Waals surface area contributed by atoms with Crippen LogP contribution in [0.4, 0.5) is 0 Å². The average molecular weight is 372 g/mol. The van der Waals surface area contributed by atoms with E-state index in [2.05, 4.69) is 32.9 Å². The fourth-order valence-electron chi connectivity index (χ4n) is 10.1. The molecule has 2 nitrogen and oxygen atoms in total. The second-order valence-electron chi connectivity index (χ2n) is 12.1. The monoisotopic (exact) mass is 371 g/mol. The summed E-state index contributed by atoms with van der Waals surface area (Å²) in [6.45, 7) is 10.3. The summed E-state index contributed by atoms with van der Waals surface area (Å²) in [4.78, 5) is 0. The molecule has 5 fully saturated rings. The van der Waals surface area contributed by atoms with Crippen molar-refractivity contribution in [3.05, 3.63) is 0 Å². The maximum atomic E-state index is 9.47. The summed E-state index contributed by atoms with van der Waals surface area (Å²) in [5.41, 5.74) is 2.78. The fraction of sp³-hybridized carbons (Fsp3) is 0.960. The third kappa shape index (κ3) is 2.34. The number of rotatable bonds is 0. The van der Waals surface area contributed by atoms with Gasteiger partial charge < -0.3 is 5.21 Å². The van der Waals surface area contributed by atoms with Crippen LogP contribution < -0.4 is 0 Å². The molecule has 0 radical (unpaired) electrons. The molecule has 5 aliphatic rings. The second-order valence-corrected chi connectivity index (χ2v) is 12.1. The minimum atomic E-state index is 0.460. The first-order valence-electron chi connectivity index (χ1n) is 12.0. The quantitative estimate of drug-likeness (QED) is 0.364. The molecule has 0 heterocycles. The Morgan fingerprint density at radius 2 is 1.56 bits per heavy atom. The van der Waals surface area contributed by atoms with Gasteiger partial charge in [-0.1, -0.05) is 39.3 Å². The predicted octanol–water partition coefficient (Wildman–Crippen LogP) is 6.91. The van der Waals surface area contributed by atoms with E-state index in [4.69, 9.17) is 0 Å². The van der Waals surface area contributed by atoms with Crippen molar-refractivity contribution in [2.24, 2.45) is 56.9 Å². The van der Waals surface area contributed by atoms with Gasteiger partial charge in [-0.25, -0.2) is 0 Å². The zero-order chi connectivity index (χ0) is 19.0. The summed E-state index contributed by atoms with van der Waals surface area (Å²) in [6.07, 6.45) is 15.5. The van der Waals surface area contributed by atoms with Gasteiger partial charge in [0.1, 0.15) is 0 Å². The lowest BCUT2D eigenvalue weighted by Crippen LogP contribution is -2.60. The van der Waals surface area contributed by atoms with Gasteiger partial charge in [-0.2, -0.15) is 0 Å². The minimum Gasteiger partial charge on any atom is -0.411 e. The molecule has 27 heavy (non-hydrogen) atoms. The molecule has 5 aliphatic carbocycles. The average Bonchev–Trinajstić information content (AvgIpc) is 3.03. The van der Waals surface area contributed by atoms with Crippen LogP contribution in [0.1, 0.15) is 98.3 Å². The summed E-state index contributed by atoms with van der Waals surface area (Å²) < 4.78 is 0. The molecule has 5 saturated carbocycles. The summed E-state index contributed by atoms with van der Waals surface area (Å²) in [5, 5.41) is 13.2. The van der Waals surface area contributed by atoms with E-state index in [1.807, 2.05) is 0 Å². The van der Waals surface area contributed by atoms with Crippen LogP contribution >= 0.6 is 0 Å². The van der Waals surface area contributed by atoms with E-state index in [1.54, 1.807) is 0 Å². The van der Waals surface area contributed by atoms with Crippen LogP contribution in [0.5, 0.6) is 0 Å². The molecule has 152 valence electrons. The van der Waals surface area contributed by atoms with E-state index in [-0.39, 0.29) is 0 Å². The maximum Gasteiger partial charge on any atom is 0.0602 e. The number of hydrogen-bond donors (Lipinski definition) is 1. The molecule has 2 heteroatoms.